The van der Waals surface area contributed by atoms with Crippen molar-refractivity contribution in [2.24, 2.45) is 0 Å². The first-order chi connectivity index (χ1) is 8.09. The number of hydrogen-bond donors (Lipinski definition) is 0. The van der Waals surface area contributed by atoms with Crippen molar-refractivity contribution in [2.45, 2.75) is 6.92 Å². The second-order valence-corrected chi connectivity index (χ2v) is 4.23. The predicted octanol–water partition coefficient (Wildman–Crippen LogP) is 2.75. The Hall–Kier alpha value is -2.03. The minimum Gasteiger partial charge on any atom is -0.378 e. The molecule has 0 unspecified atom stereocenters. The maximum absolute atomic E-state index is 11.4. The molecule has 0 saturated heterocycles. The van der Waals surface area contributed by atoms with Crippen molar-refractivity contribution in [1.29, 1.82) is 0 Å². The molecule has 0 aliphatic carbocycles. The van der Waals surface area contributed by atoms with Crippen molar-refractivity contribution in [2.75, 3.05) is 19.0 Å². The average Bonchev–Trinajstić information content (AvgIpc) is 2.78. The number of nitrogens with zero attached hydrogens (tertiary/aromatic N) is 2. The van der Waals surface area contributed by atoms with Crippen molar-refractivity contribution >= 4 is 11.5 Å². The Bertz CT molecular complexity index is 523. The Balaban J connectivity index is 2.40. The molecular formula is C14H16N2O. The van der Waals surface area contributed by atoms with Crippen LogP contribution in [0.1, 0.15) is 17.4 Å². The van der Waals surface area contributed by atoms with E-state index in [1.54, 1.807) is 6.92 Å². The van der Waals surface area contributed by atoms with Gasteiger partial charge in [0.05, 0.1) is 5.69 Å². The molecule has 3 heteroatoms. The minimum atomic E-state index is 0.0756. The van der Waals surface area contributed by atoms with Gasteiger partial charge in [0.2, 0.25) is 0 Å². The van der Waals surface area contributed by atoms with Crippen LogP contribution < -0.4 is 4.90 Å². The maximum atomic E-state index is 11.4. The van der Waals surface area contributed by atoms with Crippen LogP contribution in [0, 0.1) is 0 Å². The van der Waals surface area contributed by atoms with Gasteiger partial charge in [0.25, 0.3) is 0 Å². The third kappa shape index (κ3) is 2.23. The summed E-state index contributed by atoms with van der Waals surface area (Å²) in [6, 6.07) is 11.8. The van der Waals surface area contributed by atoms with Gasteiger partial charge in [-0.15, -0.1) is 0 Å². The largest absolute Gasteiger partial charge is 0.378 e. The van der Waals surface area contributed by atoms with Gasteiger partial charge in [-0.2, -0.15) is 0 Å². The fourth-order valence-corrected chi connectivity index (χ4v) is 1.80. The Morgan fingerprint density at radius 3 is 2.29 bits per heavy atom. The molecule has 0 fully saturated rings. The predicted molar refractivity (Wildman–Crippen MR) is 70.1 cm³/mol. The Morgan fingerprint density at radius 2 is 1.76 bits per heavy atom. The van der Waals surface area contributed by atoms with Gasteiger partial charge in [-0.1, -0.05) is 0 Å². The lowest BCUT2D eigenvalue weighted by molar-refractivity contribution is 0.101. The van der Waals surface area contributed by atoms with Crippen LogP contribution in [-0.2, 0) is 0 Å². The summed E-state index contributed by atoms with van der Waals surface area (Å²) in [6.45, 7) is 1.58. The van der Waals surface area contributed by atoms with Crippen LogP contribution in [0.15, 0.2) is 42.6 Å². The first-order valence-corrected chi connectivity index (χ1v) is 5.55. The number of anilines is 1. The molecule has 88 valence electrons. The van der Waals surface area contributed by atoms with Crippen LogP contribution >= 0.6 is 0 Å². The number of carbonyl (C=O) groups is 1. The molecule has 1 aromatic carbocycles. The molecular weight excluding hydrogens is 212 g/mol. The lowest BCUT2D eigenvalue weighted by Gasteiger charge is -2.13. The van der Waals surface area contributed by atoms with E-state index in [0.29, 0.717) is 5.69 Å². The van der Waals surface area contributed by atoms with Crippen molar-refractivity contribution in [3.05, 3.63) is 48.3 Å². The zero-order chi connectivity index (χ0) is 12.4. The molecule has 3 nitrogen and oxygen atoms in total. The molecule has 0 radical (unpaired) electrons. The van der Waals surface area contributed by atoms with E-state index in [2.05, 4.69) is 0 Å². The molecule has 0 bridgehead atoms. The number of ketones is 1. The van der Waals surface area contributed by atoms with E-state index in [4.69, 9.17) is 0 Å². The highest BCUT2D eigenvalue weighted by atomic mass is 16.1. The number of aromatic nitrogens is 1. The maximum Gasteiger partial charge on any atom is 0.176 e. The van der Waals surface area contributed by atoms with Gasteiger partial charge in [-0.25, -0.2) is 0 Å². The first-order valence-electron chi connectivity index (χ1n) is 5.55. The molecule has 2 rings (SSSR count). The van der Waals surface area contributed by atoms with Crippen LogP contribution in [0.3, 0.4) is 0 Å². The summed E-state index contributed by atoms with van der Waals surface area (Å²) >= 11 is 0. The molecule has 0 aliphatic heterocycles. The summed E-state index contributed by atoms with van der Waals surface area (Å²) in [5, 5.41) is 0. The van der Waals surface area contributed by atoms with E-state index < -0.39 is 0 Å². The summed E-state index contributed by atoms with van der Waals surface area (Å²) < 4.78 is 1.90. The molecule has 2 aromatic rings. The highest BCUT2D eigenvalue weighted by Gasteiger charge is 2.07. The van der Waals surface area contributed by atoms with Gasteiger partial charge in [0.15, 0.2) is 5.78 Å². The van der Waals surface area contributed by atoms with Gasteiger partial charge in [0, 0.05) is 38.6 Å². The summed E-state index contributed by atoms with van der Waals surface area (Å²) in [5.41, 5.74) is 2.86. The smallest absolute Gasteiger partial charge is 0.176 e. The second kappa shape index (κ2) is 4.45. The zero-order valence-electron chi connectivity index (χ0n) is 10.3. The third-order valence-corrected chi connectivity index (χ3v) is 2.75. The quantitative estimate of drug-likeness (QED) is 0.755. The Morgan fingerprint density at radius 1 is 1.12 bits per heavy atom. The monoisotopic (exact) mass is 228 g/mol. The molecule has 0 saturated carbocycles. The number of benzene rings is 1. The normalized spacial score (nSPS) is 10.3. The topological polar surface area (TPSA) is 25.2 Å². The highest BCUT2D eigenvalue weighted by Crippen LogP contribution is 2.17. The number of hydrogen-bond acceptors (Lipinski definition) is 2. The first kappa shape index (κ1) is 11.5. The van der Waals surface area contributed by atoms with Crippen LogP contribution in [0.25, 0.3) is 5.69 Å². The minimum absolute atomic E-state index is 0.0756. The lowest BCUT2D eigenvalue weighted by Crippen LogP contribution is -2.09. The fourth-order valence-electron chi connectivity index (χ4n) is 1.80. The van der Waals surface area contributed by atoms with Crippen molar-refractivity contribution < 1.29 is 4.79 Å². The Kier molecular flexibility index (Phi) is 3.00. The molecule has 17 heavy (non-hydrogen) atoms. The second-order valence-electron chi connectivity index (χ2n) is 4.23. The summed E-state index contributed by atoms with van der Waals surface area (Å²) in [4.78, 5) is 13.5. The van der Waals surface area contributed by atoms with E-state index in [0.717, 1.165) is 11.4 Å². The SMILES string of the molecule is CC(=O)c1cccn1-c1ccc(N(C)C)cc1. The molecule has 0 N–H and O–H groups in total. The van der Waals surface area contributed by atoms with Crippen LogP contribution in [0.2, 0.25) is 0 Å². The molecule has 1 aromatic heterocycles. The molecule has 0 atom stereocenters. The van der Waals surface area contributed by atoms with Crippen LogP contribution in [0.5, 0.6) is 0 Å². The van der Waals surface area contributed by atoms with E-state index in [-0.39, 0.29) is 5.78 Å². The fraction of sp³-hybridized carbons (Fsp3) is 0.214. The van der Waals surface area contributed by atoms with Crippen molar-refractivity contribution in [3.63, 3.8) is 0 Å². The van der Waals surface area contributed by atoms with E-state index >= 15 is 0 Å². The molecule has 0 amide bonds. The van der Waals surface area contributed by atoms with Gasteiger partial charge < -0.3 is 9.47 Å². The average molecular weight is 228 g/mol. The van der Waals surface area contributed by atoms with Gasteiger partial charge in [-0.05, 0) is 36.4 Å². The summed E-state index contributed by atoms with van der Waals surface area (Å²) in [7, 11) is 4.01. The van der Waals surface area contributed by atoms with Crippen LogP contribution in [0.4, 0.5) is 5.69 Å². The third-order valence-electron chi connectivity index (χ3n) is 2.75. The molecule has 0 spiro atoms. The highest BCUT2D eigenvalue weighted by molar-refractivity contribution is 5.93. The van der Waals surface area contributed by atoms with Crippen LogP contribution in [-0.4, -0.2) is 24.4 Å². The van der Waals surface area contributed by atoms with E-state index in [1.165, 1.54) is 0 Å². The number of Topliss-reactive ketones (excluding diaryl/α,β-unsaturated/α-hetero) is 1. The Labute approximate surface area is 101 Å². The summed E-state index contributed by atoms with van der Waals surface area (Å²) in [5.74, 6) is 0.0756. The number of carbonyl (C=O) groups excluding carboxylic acids is 1. The van der Waals surface area contributed by atoms with Crippen molar-refractivity contribution in [1.82, 2.24) is 4.57 Å². The van der Waals surface area contributed by atoms with E-state index in [9.17, 15) is 4.79 Å². The lowest BCUT2D eigenvalue weighted by atomic mass is 10.2. The van der Waals surface area contributed by atoms with Gasteiger partial charge in [0.1, 0.15) is 0 Å². The standard InChI is InChI=1S/C14H16N2O/c1-11(17)14-5-4-10-16(14)13-8-6-12(7-9-13)15(2)3/h4-10H,1-3H3. The molecule has 1 heterocycles. The molecule has 0 aliphatic rings. The van der Waals surface area contributed by atoms with E-state index in [1.807, 2.05) is 66.2 Å². The van der Waals surface area contributed by atoms with Gasteiger partial charge >= 0.3 is 0 Å². The van der Waals surface area contributed by atoms with Gasteiger partial charge in [-0.3, -0.25) is 4.79 Å². The number of rotatable bonds is 3. The van der Waals surface area contributed by atoms with Crippen molar-refractivity contribution in [3.8, 4) is 5.69 Å². The summed E-state index contributed by atoms with van der Waals surface area (Å²) in [6.07, 6.45) is 1.90. The zero-order valence-corrected chi connectivity index (χ0v) is 10.3.